The van der Waals surface area contributed by atoms with Gasteiger partial charge in [-0.15, -0.1) is 11.3 Å². The summed E-state index contributed by atoms with van der Waals surface area (Å²) < 4.78 is 2.15. The number of thiophene rings is 1. The maximum absolute atomic E-state index is 4.41. The Hall–Kier alpha value is -1.29. The van der Waals surface area contributed by atoms with Crippen LogP contribution in [0.2, 0.25) is 0 Å². The standard InChI is InChI=1S/C12H17N3S/c1-8-5-11(16-10(8)3)7-15-6-9(2)14-12(15)13-4/h5-6H,7H2,1-4H3,(H,13,14). The lowest BCUT2D eigenvalue weighted by atomic mass is 10.3. The number of anilines is 1. The Bertz CT molecular complexity index is 477. The summed E-state index contributed by atoms with van der Waals surface area (Å²) in [6.45, 7) is 7.24. The summed E-state index contributed by atoms with van der Waals surface area (Å²) in [5, 5.41) is 3.11. The van der Waals surface area contributed by atoms with Crippen molar-refractivity contribution in [3.05, 3.63) is 33.3 Å². The van der Waals surface area contributed by atoms with Crippen molar-refractivity contribution in [2.24, 2.45) is 0 Å². The lowest BCUT2D eigenvalue weighted by Crippen LogP contribution is -2.02. The van der Waals surface area contributed by atoms with E-state index < -0.39 is 0 Å². The molecule has 2 heterocycles. The van der Waals surface area contributed by atoms with Gasteiger partial charge in [-0.1, -0.05) is 0 Å². The molecule has 0 aliphatic heterocycles. The Morgan fingerprint density at radius 2 is 2.12 bits per heavy atom. The third kappa shape index (κ3) is 2.11. The van der Waals surface area contributed by atoms with Crippen molar-refractivity contribution in [3.8, 4) is 0 Å². The summed E-state index contributed by atoms with van der Waals surface area (Å²) in [6.07, 6.45) is 2.08. The third-order valence-corrected chi connectivity index (χ3v) is 3.80. The van der Waals surface area contributed by atoms with Crippen LogP contribution in [0.1, 0.15) is 21.0 Å². The van der Waals surface area contributed by atoms with Crippen molar-refractivity contribution in [1.82, 2.24) is 9.55 Å². The Morgan fingerprint density at radius 3 is 2.69 bits per heavy atom. The van der Waals surface area contributed by atoms with Gasteiger partial charge in [0.2, 0.25) is 5.95 Å². The number of rotatable bonds is 3. The molecule has 0 aliphatic carbocycles. The first kappa shape index (κ1) is 11.2. The number of hydrogen-bond acceptors (Lipinski definition) is 3. The van der Waals surface area contributed by atoms with Gasteiger partial charge in [0.15, 0.2) is 0 Å². The minimum absolute atomic E-state index is 0.899. The number of nitrogens with zero attached hydrogens (tertiary/aromatic N) is 2. The van der Waals surface area contributed by atoms with Crippen molar-refractivity contribution in [2.75, 3.05) is 12.4 Å². The summed E-state index contributed by atoms with van der Waals surface area (Å²) in [5.74, 6) is 0.932. The zero-order chi connectivity index (χ0) is 11.7. The Morgan fingerprint density at radius 1 is 1.38 bits per heavy atom. The molecule has 86 valence electrons. The molecule has 16 heavy (non-hydrogen) atoms. The van der Waals surface area contributed by atoms with E-state index >= 15 is 0 Å². The number of aromatic nitrogens is 2. The van der Waals surface area contributed by atoms with Crippen LogP contribution in [-0.2, 0) is 6.54 Å². The molecule has 1 N–H and O–H groups in total. The highest BCUT2D eigenvalue weighted by atomic mass is 32.1. The number of imidazole rings is 1. The molecular weight excluding hydrogens is 218 g/mol. The average Bonchev–Trinajstić information content (AvgIpc) is 2.72. The predicted molar refractivity (Wildman–Crippen MR) is 69.4 cm³/mol. The fourth-order valence-corrected chi connectivity index (χ4v) is 2.81. The van der Waals surface area contributed by atoms with Crippen LogP contribution >= 0.6 is 11.3 Å². The zero-order valence-electron chi connectivity index (χ0n) is 10.2. The summed E-state index contributed by atoms with van der Waals surface area (Å²) in [7, 11) is 1.91. The predicted octanol–water partition coefficient (Wildman–Crippen LogP) is 2.96. The van der Waals surface area contributed by atoms with Crippen molar-refractivity contribution in [3.63, 3.8) is 0 Å². The highest BCUT2D eigenvalue weighted by molar-refractivity contribution is 7.12. The molecule has 0 unspecified atom stereocenters. The molecule has 0 radical (unpaired) electrons. The van der Waals surface area contributed by atoms with Crippen molar-refractivity contribution in [1.29, 1.82) is 0 Å². The van der Waals surface area contributed by atoms with Gasteiger partial charge in [0.25, 0.3) is 0 Å². The van der Waals surface area contributed by atoms with Crippen LogP contribution in [0.5, 0.6) is 0 Å². The van der Waals surface area contributed by atoms with Gasteiger partial charge in [0.05, 0.1) is 12.2 Å². The maximum Gasteiger partial charge on any atom is 0.203 e. The summed E-state index contributed by atoms with van der Waals surface area (Å²) in [5.41, 5.74) is 2.43. The highest BCUT2D eigenvalue weighted by Crippen LogP contribution is 2.22. The largest absolute Gasteiger partial charge is 0.359 e. The van der Waals surface area contributed by atoms with Gasteiger partial charge in [0, 0.05) is 23.0 Å². The second kappa shape index (κ2) is 4.29. The minimum Gasteiger partial charge on any atom is -0.359 e. The molecule has 2 aromatic rings. The van der Waals surface area contributed by atoms with Gasteiger partial charge in [0.1, 0.15) is 0 Å². The molecule has 0 aliphatic rings. The molecule has 0 spiro atoms. The van der Waals surface area contributed by atoms with E-state index in [1.807, 2.05) is 25.3 Å². The van der Waals surface area contributed by atoms with E-state index in [1.165, 1.54) is 15.3 Å². The molecule has 0 saturated heterocycles. The van der Waals surface area contributed by atoms with E-state index in [1.54, 1.807) is 0 Å². The first-order valence-corrected chi connectivity index (χ1v) is 6.19. The molecule has 4 heteroatoms. The number of nitrogens with one attached hydrogen (secondary N) is 1. The van der Waals surface area contributed by atoms with Crippen molar-refractivity contribution in [2.45, 2.75) is 27.3 Å². The molecule has 2 aromatic heterocycles. The summed E-state index contributed by atoms with van der Waals surface area (Å²) >= 11 is 1.86. The minimum atomic E-state index is 0.899. The molecule has 0 fully saturated rings. The van der Waals surface area contributed by atoms with Gasteiger partial charge < -0.3 is 9.88 Å². The topological polar surface area (TPSA) is 29.9 Å². The molecule has 2 rings (SSSR count). The normalized spacial score (nSPS) is 10.8. The van der Waals surface area contributed by atoms with E-state index in [2.05, 4.69) is 41.0 Å². The lowest BCUT2D eigenvalue weighted by Gasteiger charge is -2.04. The first-order chi connectivity index (χ1) is 7.60. The van der Waals surface area contributed by atoms with Gasteiger partial charge in [-0.25, -0.2) is 4.98 Å². The fraction of sp³-hybridized carbons (Fsp3) is 0.417. The maximum atomic E-state index is 4.41. The van der Waals surface area contributed by atoms with Crippen LogP contribution < -0.4 is 5.32 Å². The fourth-order valence-electron chi connectivity index (χ4n) is 1.76. The Kier molecular flexibility index (Phi) is 3.01. The van der Waals surface area contributed by atoms with Crippen LogP contribution in [-0.4, -0.2) is 16.6 Å². The van der Waals surface area contributed by atoms with Gasteiger partial charge in [-0.2, -0.15) is 0 Å². The van der Waals surface area contributed by atoms with E-state index in [9.17, 15) is 0 Å². The third-order valence-electron chi connectivity index (χ3n) is 2.66. The molecule has 0 amide bonds. The monoisotopic (exact) mass is 235 g/mol. The van der Waals surface area contributed by atoms with Gasteiger partial charge in [-0.3, -0.25) is 0 Å². The second-order valence-electron chi connectivity index (χ2n) is 4.04. The Balaban J connectivity index is 2.26. The lowest BCUT2D eigenvalue weighted by molar-refractivity contribution is 0.817. The molecule has 0 saturated carbocycles. The molecule has 0 bridgehead atoms. The molecule has 0 aromatic carbocycles. The quantitative estimate of drug-likeness (QED) is 0.886. The van der Waals surface area contributed by atoms with Crippen LogP contribution in [0.3, 0.4) is 0 Å². The van der Waals surface area contributed by atoms with E-state index in [0.717, 1.165) is 18.2 Å². The molecule has 3 nitrogen and oxygen atoms in total. The highest BCUT2D eigenvalue weighted by Gasteiger charge is 2.07. The Labute approximate surface area is 100 Å². The van der Waals surface area contributed by atoms with Crippen LogP contribution in [0.15, 0.2) is 12.3 Å². The molecular formula is C12H17N3S. The SMILES string of the molecule is CNc1nc(C)cn1Cc1cc(C)c(C)s1. The second-order valence-corrected chi connectivity index (χ2v) is 5.38. The summed E-state index contributed by atoms with van der Waals surface area (Å²) in [6, 6.07) is 2.26. The van der Waals surface area contributed by atoms with E-state index in [0.29, 0.717) is 0 Å². The average molecular weight is 235 g/mol. The summed E-state index contributed by atoms with van der Waals surface area (Å²) in [4.78, 5) is 7.19. The number of hydrogen-bond donors (Lipinski definition) is 1. The van der Waals surface area contributed by atoms with Crippen molar-refractivity contribution >= 4 is 17.3 Å². The van der Waals surface area contributed by atoms with E-state index in [4.69, 9.17) is 0 Å². The van der Waals surface area contributed by atoms with Crippen LogP contribution in [0.4, 0.5) is 5.95 Å². The van der Waals surface area contributed by atoms with Crippen LogP contribution in [0.25, 0.3) is 0 Å². The number of aryl methyl sites for hydroxylation is 3. The van der Waals surface area contributed by atoms with Crippen LogP contribution in [0, 0.1) is 20.8 Å². The zero-order valence-corrected chi connectivity index (χ0v) is 11.0. The first-order valence-electron chi connectivity index (χ1n) is 5.37. The smallest absolute Gasteiger partial charge is 0.203 e. The van der Waals surface area contributed by atoms with Gasteiger partial charge >= 0.3 is 0 Å². The van der Waals surface area contributed by atoms with E-state index in [-0.39, 0.29) is 0 Å². The van der Waals surface area contributed by atoms with Gasteiger partial charge in [-0.05, 0) is 32.4 Å². The molecule has 0 atom stereocenters. The van der Waals surface area contributed by atoms with Crippen molar-refractivity contribution < 1.29 is 0 Å².